The normalized spacial score (nSPS) is 14.9. The van der Waals surface area contributed by atoms with Crippen molar-refractivity contribution in [1.82, 2.24) is 0 Å². The van der Waals surface area contributed by atoms with Crippen LogP contribution in [0.5, 0.6) is 0 Å². The maximum atomic E-state index is 5.54. The van der Waals surface area contributed by atoms with Crippen molar-refractivity contribution in [2.45, 2.75) is 103 Å². The lowest BCUT2D eigenvalue weighted by Crippen LogP contribution is -2.13. The second-order valence-electron chi connectivity index (χ2n) is 6.81. The van der Waals surface area contributed by atoms with Gasteiger partial charge in [-0.3, -0.25) is 4.99 Å². The summed E-state index contributed by atoms with van der Waals surface area (Å²) in [6.45, 7) is 4.13. The van der Waals surface area contributed by atoms with Crippen molar-refractivity contribution in [3.05, 3.63) is 12.2 Å². The van der Waals surface area contributed by atoms with E-state index in [0.29, 0.717) is 0 Å². The van der Waals surface area contributed by atoms with E-state index in [1.807, 2.05) is 0 Å². The highest BCUT2D eigenvalue weighted by atomic mass is 16.5. The van der Waals surface area contributed by atoms with E-state index in [0.717, 1.165) is 31.9 Å². The maximum Gasteiger partial charge on any atom is 0.183 e. The molecule has 0 saturated carbocycles. The summed E-state index contributed by atoms with van der Waals surface area (Å²) in [5.41, 5.74) is 0. The molecule has 1 heterocycles. The molecule has 0 aromatic carbocycles. The van der Waals surface area contributed by atoms with Gasteiger partial charge in [-0.05, 0) is 32.1 Å². The van der Waals surface area contributed by atoms with Crippen LogP contribution in [-0.4, -0.2) is 19.0 Å². The van der Waals surface area contributed by atoms with Crippen molar-refractivity contribution in [2.24, 2.45) is 4.99 Å². The molecular formula is C21H39NO. The predicted molar refractivity (Wildman–Crippen MR) is 102 cm³/mol. The van der Waals surface area contributed by atoms with Crippen LogP contribution in [-0.2, 0) is 4.74 Å². The van der Waals surface area contributed by atoms with Gasteiger partial charge in [0.15, 0.2) is 5.90 Å². The zero-order valence-electron chi connectivity index (χ0n) is 15.5. The van der Waals surface area contributed by atoms with Crippen LogP contribution in [0.3, 0.4) is 0 Å². The summed E-state index contributed by atoms with van der Waals surface area (Å²) in [5, 5.41) is 0. The quantitative estimate of drug-likeness (QED) is 0.239. The number of hydrogen-bond donors (Lipinski definition) is 0. The lowest BCUT2D eigenvalue weighted by atomic mass is 10.1. The van der Waals surface area contributed by atoms with Crippen LogP contribution >= 0.6 is 0 Å². The van der Waals surface area contributed by atoms with E-state index in [-0.39, 0.29) is 0 Å². The molecule has 1 aliphatic rings. The number of hydrogen-bond acceptors (Lipinski definition) is 2. The first-order chi connectivity index (χ1) is 11.4. The van der Waals surface area contributed by atoms with E-state index < -0.39 is 0 Å². The number of aliphatic imine (C=N–C) groups is 1. The van der Waals surface area contributed by atoms with Crippen LogP contribution in [0.1, 0.15) is 103 Å². The second-order valence-corrected chi connectivity index (χ2v) is 6.81. The Kier molecular flexibility index (Phi) is 14.2. The zero-order valence-corrected chi connectivity index (χ0v) is 15.5. The summed E-state index contributed by atoms with van der Waals surface area (Å²) in [4.78, 5) is 4.42. The average Bonchev–Trinajstić information content (AvgIpc) is 2.59. The first-order valence-electron chi connectivity index (χ1n) is 10.2. The SMILES string of the molecule is CCCCCCCCC=CCCCCCCCC1=NCCCO1. The standard InChI is InChI=1S/C21H39NO/c1-2-3-4-5-6-7-8-9-10-11-12-13-14-15-16-18-21-22-19-17-20-23-21/h9-10H,2-8,11-20H2,1H3. The summed E-state index contributed by atoms with van der Waals surface area (Å²) >= 11 is 0. The van der Waals surface area contributed by atoms with Gasteiger partial charge in [0.1, 0.15) is 0 Å². The molecule has 0 saturated heterocycles. The van der Waals surface area contributed by atoms with E-state index in [4.69, 9.17) is 4.74 Å². The minimum absolute atomic E-state index is 0.879. The molecule has 1 aliphatic heterocycles. The van der Waals surface area contributed by atoms with E-state index in [1.165, 1.54) is 83.5 Å². The monoisotopic (exact) mass is 321 g/mol. The molecule has 0 fully saturated rings. The van der Waals surface area contributed by atoms with Crippen LogP contribution in [0.4, 0.5) is 0 Å². The van der Waals surface area contributed by atoms with Gasteiger partial charge in [-0.1, -0.05) is 70.4 Å². The molecule has 0 aromatic heterocycles. The van der Waals surface area contributed by atoms with Crippen LogP contribution in [0.25, 0.3) is 0 Å². The van der Waals surface area contributed by atoms with Crippen LogP contribution in [0, 0.1) is 0 Å². The van der Waals surface area contributed by atoms with Crippen molar-refractivity contribution < 1.29 is 4.74 Å². The van der Waals surface area contributed by atoms with Gasteiger partial charge in [-0.25, -0.2) is 0 Å². The molecule has 0 spiro atoms. The fourth-order valence-corrected chi connectivity index (χ4v) is 3.00. The Balaban J connectivity index is 1.75. The van der Waals surface area contributed by atoms with E-state index >= 15 is 0 Å². The van der Waals surface area contributed by atoms with Crippen molar-refractivity contribution in [1.29, 1.82) is 0 Å². The van der Waals surface area contributed by atoms with Gasteiger partial charge in [-0.15, -0.1) is 0 Å². The molecule has 0 unspecified atom stereocenters. The smallest absolute Gasteiger partial charge is 0.183 e. The molecule has 0 aliphatic carbocycles. The zero-order chi connectivity index (χ0) is 16.4. The van der Waals surface area contributed by atoms with Gasteiger partial charge < -0.3 is 4.74 Å². The molecule has 2 heteroatoms. The Morgan fingerprint density at radius 2 is 1.43 bits per heavy atom. The number of rotatable bonds is 15. The lowest BCUT2D eigenvalue weighted by Gasteiger charge is -2.13. The minimum atomic E-state index is 0.879. The highest BCUT2D eigenvalue weighted by Crippen LogP contribution is 2.11. The van der Waals surface area contributed by atoms with Gasteiger partial charge in [0, 0.05) is 19.4 Å². The molecule has 2 nitrogen and oxygen atoms in total. The Hall–Kier alpha value is -0.790. The molecule has 0 bridgehead atoms. The highest BCUT2D eigenvalue weighted by molar-refractivity contribution is 5.76. The van der Waals surface area contributed by atoms with Gasteiger partial charge >= 0.3 is 0 Å². The first-order valence-corrected chi connectivity index (χ1v) is 10.2. The molecule has 0 radical (unpaired) electrons. The number of ether oxygens (including phenoxy) is 1. The van der Waals surface area contributed by atoms with Crippen LogP contribution in [0.15, 0.2) is 17.1 Å². The summed E-state index contributed by atoms with van der Waals surface area (Å²) in [7, 11) is 0. The third-order valence-corrected chi connectivity index (χ3v) is 4.51. The van der Waals surface area contributed by atoms with Gasteiger partial charge in [-0.2, -0.15) is 0 Å². The van der Waals surface area contributed by atoms with Gasteiger partial charge in [0.05, 0.1) is 6.61 Å². The van der Waals surface area contributed by atoms with Gasteiger partial charge in [0.25, 0.3) is 0 Å². The Morgan fingerprint density at radius 3 is 2.04 bits per heavy atom. The van der Waals surface area contributed by atoms with Gasteiger partial charge in [0.2, 0.25) is 0 Å². The molecule has 0 atom stereocenters. The largest absolute Gasteiger partial charge is 0.481 e. The molecular weight excluding hydrogens is 282 g/mol. The average molecular weight is 322 g/mol. The van der Waals surface area contributed by atoms with Crippen LogP contribution < -0.4 is 0 Å². The summed E-state index contributed by atoms with van der Waals surface area (Å²) in [5.74, 6) is 1.01. The highest BCUT2D eigenvalue weighted by Gasteiger charge is 2.04. The summed E-state index contributed by atoms with van der Waals surface area (Å²) in [6.07, 6.45) is 24.6. The van der Waals surface area contributed by atoms with Crippen molar-refractivity contribution in [3.63, 3.8) is 0 Å². The summed E-state index contributed by atoms with van der Waals surface area (Å²) < 4.78 is 5.54. The molecule has 0 N–H and O–H groups in total. The number of nitrogens with zero attached hydrogens (tertiary/aromatic N) is 1. The molecule has 1 rings (SSSR count). The number of unbranched alkanes of at least 4 members (excludes halogenated alkanes) is 11. The molecule has 0 aromatic rings. The third-order valence-electron chi connectivity index (χ3n) is 4.51. The van der Waals surface area contributed by atoms with Crippen LogP contribution in [0.2, 0.25) is 0 Å². The lowest BCUT2D eigenvalue weighted by molar-refractivity contribution is 0.272. The molecule has 23 heavy (non-hydrogen) atoms. The first kappa shape index (κ1) is 20.3. The Morgan fingerprint density at radius 1 is 0.826 bits per heavy atom. The number of allylic oxidation sites excluding steroid dienone is 2. The Bertz CT molecular complexity index is 309. The summed E-state index contributed by atoms with van der Waals surface area (Å²) in [6, 6.07) is 0. The van der Waals surface area contributed by atoms with E-state index in [1.54, 1.807) is 0 Å². The van der Waals surface area contributed by atoms with Crippen molar-refractivity contribution in [2.75, 3.05) is 13.2 Å². The topological polar surface area (TPSA) is 21.6 Å². The minimum Gasteiger partial charge on any atom is -0.481 e. The predicted octanol–water partition coefficient (Wildman–Crippen LogP) is 6.84. The fourth-order valence-electron chi connectivity index (χ4n) is 3.00. The molecule has 134 valence electrons. The molecule has 0 amide bonds. The van der Waals surface area contributed by atoms with E-state index in [9.17, 15) is 0 Å². The maximum absolute atomic E-state index is 5.54. The fraction of sp³-hybridized carbons (Fsp3) is 0.857. The van der Waals surface area contributed by atoms with Crippen molar-refractivity contribution >= 4 is 5.90 Å². The Labute approximate surface area is 144 Å². The second kappa shape index (κ2) is 16.1. The van der Waals surface area contributed by atoms with E-state index in [2.05, 4.69) is 24.1 Å². The van der Waals surface area contributed by atoms with Crippen molar-refractivity contribution in [3.8, 4) is 0 Å². The third kappa shape index (κ3) is 13.4.